The molecule has 0 spiro atoms. The lowest BCUT2D eigenvalue weighted by Gasteiger charge is -2.10. The highest BCUT2D eigenvalue weighted by atomic mass is 16.5. The van der Waals surface area contributed by atoms with E-state index in [1.54, 1.807) is 25.4 Å². The van der Waals surface area contributed by atoms with Crippen LogP contribution in [0.2, 0.25) is 0 Å². The molecule has 0 saturated heterocycles. The molecule has 0 aliphatic carbocycles. The van der Waals surface area contributed by atoms with Crippen molar-refractivity contribution in [2.45, 2.75) is 0 Å². The molecule has 2 aromatic rings. The highest BCUT2D eigenvalue weighted by Crippen LogP contribution is 2.28. The monoisotopic (exact) mass is 287 g/mol. The summed E-state index contributed by atoms with van der Waals surface area (Å²) in [5.41, 5.74) is 2.29. The summed E-state index contributed by atoms with van der Waals surface area (Å²) < 4.78 is 15.2. The van der Waals surface area contributed by atoms with Crippen molar-refractivity contribution in [1.82, 2.24) is 4.98 Å². The predicted octanol–water partition coefficient (Wildman–Crippen LogP) is 2.56. The molecule has 0 unspecified atom stereocenters. The summed E-state index contributed by atoms with van der Waals surface area (Å²) in [5, 5.41) is 0. The number of methoxy groups -OCH3 is 2. The van der Waals surface area contributed by atoms with Gasteiger partial charge in [-0.3, -0.25) is 0 Å². The van der Waals surface area contributed by atoms with Crippen molar-refractivity contribution in [2.75, 3.05) is 27.4 Å². The third-order valence-electron chi connectivity index (χ3n) is 2.91. The quantitative estimate of drug-likeness (QED) is 0.603. The van der Waals surface area contributed by atoms with Gasteiger partial charge < -0.3 is 14.2 Å². The topological polar surface area (TPSA) is 57.7 Å². The summed E-state index contributed by atoms with van der Waals surface area (Å²) in [4.78, 5) is 15.7. The van der Waals surface area contributed by atoms with Crippen molar-refractivity contribution < 1.29 is 19.0 Å². The SMILES string of the molecule is COCCOc1ncccc1-c1ccc(C(=O)OC)cc1. The zero-order valence-electron chi connectivity index (χ0n) is 12.0. The number of aromatic nitrogens is 1. The van der Waals surface area contributed by atoms with E-state index in [4.69, 9.17) is 9.47 Å². The highest BCUT2D eigenvalue weighted by molar-refractivity contribution is 5.90. The van der Waals surface area contributed by atoms with E-state index in [-0.39, 0.29) is 5.97 Å². The van der Waals surface area contributed by atoms with Gasteiger partial charge in [0, 0.05) is 18.9 Å². The third-order valence-corrected chi connectivity index (χ3v) is 2.91. The van der Waals surface area contributed by atoms with E-state index in [1.165, 1.54) is 7.11 Å². The lowest BCUT2D eigenvalue weighted by atomic mass is 10.1. The van der Waals surface area contributed by atoms with Crippen LogP contribution in [0.3, 0.4) is 0 Å². The van der Waals surface area contributed by atoms with Crippen LogP contribution in [0.15, 0.2) is 42.6 Å². The molecule has 0 fully saturated rings. The number of hydrogen-bond acceptors (Lipinski definition) is 5. The van der Waals surface area contributed by atoms with E-state index in [0.717, 1.165) is 11.1 Å². The Morgan fingerprint density at radius 3 is 2.52 bits per heavy atom. The van der Waals surface area contributed by atoms with Crippen LogP contribution in [0.4, 0.5) is 0 Å². The average Bonchev–Trinajstić information content (AvgIpc) is 2.55. The van der Waals surface area contributed by atoms with Crippen LogP contribution in [0, 0.1) is 0 Å². The fraction of sp³-hybridized carbons (Fsp3) is 0.250. The molecule has 5 nitrogen and oxygen atoms in total. The molecule has 0 atom stereocenters. The molecule has 2 rings (SSSR count). The second kappa shape index (κ2) is 7.40. The number of carbonyl (C=O) groups is 1. The molecule has 5 heteroatoms. The first-order valence-corrected chi connectivity index (χ1v) is 6.51. The van der Waals surface area contributed by atoms with Gasteiger partial charge in [-0.15, -0.1) is 0 Å². The first-order valence-electron chi connectivity index (χ1n) is 6.51. The van der Waals surface area contributed by atoms with Crippen LogP contribution in [-0.2, 0) is 9.47 Å². The third kappa shape index (κ3) is 3.79. The van der Waals surface area contributed by atoms with Crippen molar-refractivity contribution in [2.24, 2.45) is 0 Å². The Kier molecular flexibility index (Phi) is 5.29. The Balaban J connectivity index is 2.23. The van der Waals surface area contributed by atoms with Crippen molar-refractivity contribution >= 4 is 5.97 Å². The molecule has 0 amide bonds. The maximum Gasteiger partial charge on any atom is 0.337 e. The maximum absolute atomic E-state index is 11.4. The van der Waals surface area contributed by atoms with E-state index in [0.29, 0.717) is 24.7 Å². The van der Waals surface area contributed by atoms with Crippen molar-refractivity contribution in [1.29, 1.82) is 0 Å². The second-order valence-electron chi connectivity index (χ2n) is 4.27. The smallest absolute Gasteiger partial charge is 0.337 e. The summed E-state index contributed by atoms with van der Waals surface area (Å²) in [5.74, 6) is 0.185. The zero-order valence-corrected chi connectivity index (χ0v) is 12.0. The molecule has 110 valence electrons. The van der Waals surface area contributed by atoms with E-state index in [9.17, 15) is 4.79 Å². The summed E-state index contributed by atoms with van der Waals surface area (Å²) in [7, 11) is 2.98. The standard InChI is InChI=1S/C16H17NO4/c1-19-10-11-21-15-14(4-3-9-17-15)12-5-7-13(8-6-12)16(18)20-2/h3-9H,10-11H2,1-2H3. The van der Waals surface area contributed by atoms with Crippen molar-refractivity contribution in [3.8, 4) is 17.0 Å². The van der Waals surface area contributed by atoms with Gasteiger partial charge >= 0.3 is 5.97 Å². The first-order chi connectivity index (χ1) is 10.3. The zero-order chi connectivity index (χ0) is 15.1. The summed E-state index contributed by atoms with van der Waals surface area (Å²) in [6.45, 7) is 0.929. The molecule has 1 aromatic carbocycles. The summed E-state index contributed by atoms with van der Waals surface area (Å²) in [6.07, 6.45) is 1.68. The van der Waals surface area contributed by atoms with Gasteiger partial charge in [0.1, 0.15) is 6.61 Å². The molecule has 21 heavy (non-hydrogen) atoms. The number of carbonyl (C=O) groups excluding carboxylic acids is 1. The Bertz CT molecular complexity index is 595. The minimum atomic E-state index is -0.357. The Labute approximate surface area is 123 Å². The largest absolute Gasteiger partial charge is 0.475 e. The molecule has 0 bridgehead atoms. The average molecular weight is 287 g/mol. The number of ether oxygens (including phenoxy) is 3. The number of nitrogens with zero attached hydrogens (tertiary/aromatic N) is 1. The van der Waals surface area contributed by atoms with Gasteiger partial charge in [0.2, 0.25) is 5.88 Å². The lowest BCUT2D eigenvalue weighted by Crippen LogP contribution is -2.06. The van der Waals surface area contributed by atoms with Crippen LogP contribution >= 0.6 is 0 Å². The molecule has 0 radical (unpaired) electrons. The van der Waals surface area contributed by atoms with E-state index in [1.807, 2.05) is 24.3 Å². The fourth-order valence-corrected chi connectivity index (χ4v) is 1.85. The molecule has 1 aromatic heterocycles. The van der Waals surface area contributed by atoms with Gasteiger partial charge in [0.05, 0.1) is 19.3 Å². The number of benzene rings is 1. The van der Waals surface area contributed by atoms with Crippen LogP contribution in [-0.4, -0.2) is 38.4 Å². The number of pyridine rings is 1. The van der Waals surface area contributed by atoms with Crippen LogP contribution in [0.5, 0.6) is 5.88 Å². The summed E-state index contributed by atoms with van der Waals surface area (Å²) in [6, 6.07) is 10.9. The number of esters is 1. The second-order valence-corrected chi connectivity index (χ2v) is 4.27. The molecular formula is C16H17NO4. The maximum atomic E-state index is 11.4. The number of hydrogen-bond donors (Lipinski definition) is 0. The van der Waals surface area contributed by atoms with Crippen LogP contribution in [0.1, 0.15) is 10.4 Å². The van der Waals surface area contributed by atoms with Crippen molar-refractivity contribution in [3.05, 3.63) is 48.2 Å². The van der Waals surface area contributed by atoms with Crippen LogP contribution < -0.4 is 4.74 Å². The van der Waals surface area contributed by atoms with Crippen LogP contribution in [0.25, 0.3) is 11.1 Å². The molecule has 0 aliphatic rings. The molecular weight excluding hydrogens is 270 g/mol. The van der Waals surface area contributed by atoms with E-state index >= 15 is 0 Å². The minimum Gasteiger partial charge on any atom is -0.475 e. The molecule has 0 saturated carbocycles. The van der Waals surface area contributed by atoms with Gasteiger partial charge in [-0.25, -0.2) is 9.78 Å². The molecule has 0 N–H and O–H groups in total. The first kappa shape index (κ1) is 15.0. The van der Waals surface area contributed by atoms with Gasteiger partial charge in [-0.1, -0.05) is 12.1 Å². The van der Waals surface area contributed by atoms with Gasteiger partial charge in [0.15, 0.2) is 0 Å². The summed E-state index contributed by atoms with van der Waals surface area (Å²) >= 11 is 0. The lowest BCUT2D eigenvalue weighted by molar-refractivity contribution is 0.0601. The van der Waals surface area contributed by atoms with E-state index in [2.05, 4.69) is 9.72 Å². The van der Waals surface area contributed by atoms with E-state index < -0.39 is 0 Å². The Hall–Kier alpha value is -2.40. The minimum absolute atomic E-state index is 0.357. The Morgan fingerprint density at radius 2 is 1.86 bits per heavy atom. The molecule has 0 aliphatic heterocycles. The normalized spacial score (nSPS) is 10.2. The number of rotatable bonds is 6. The van der Waals surface area contributed by atoms with Crippen molar-refractivity contribution in [3.63, 3.8) is 0 Å². The fourth-order valence-electron chi connectivity index (χ4n) is 1.85. The van der Waals surface area contributed by atoms with Gasteiger partial charge in [-0.05, 0) is 29.8 Å². The Morgan fingerprint density at radius 1 is 1.10 bits per heavy atom. The predicted molar refractivity (Wildman–Crippen MR) is 78.4 cm³/mol. The van der Waals surface area contributed by atoms with Gasteiger partial charge in [0.25, 0.3) is 0 Å². The van der Waals surface area contributed by atoms with Gasteiger partial charge in [-0.2, -0.15) is 0 Å². The molecule has 1 heterocycles. The highest BCUT2D eigenvalue weighted by Gasteiger charge is 2.09.